The number of hydrogen-bond acceptors (Lipinski definition) is 3. The third-order valence-electron chi connectivity index (χ3n) is 2.82. The van der Waals surface area contributed by atoms with Crippen LogP contribution < -0.4 is 0 Å². The number of esters is 1. The number of ether oxygens (including phenoxy) is 1. The summed E-state index contributed by atoms with van der Waals surface area (Å²) in [5, 5.41) is 8.18. The van der Waals surface area contributed by atoms with E-state index in [2.05, 4.69) is 6.58 Å². The Bertz CT molecular complexity index is 592. The molecule has 2 aromatic carbocycles. The minimum atomic E-state index is -0.321. The molecule has 3 nitrogen and oxygen atoms in total. The number of nitrogens with zero attached hydrogens (tertiary/aromatic N) is 1. The van der Waals surface area contributed by atoms with E-state index < -0.39 is 0 Å². The topological polar surface area (TPSA) is 50.1 Å². The maximum absolute atomic E-state index is 11.3. The summed E-state index contributed by atoms with van der Waals surface area (Å²) in [6.45, 7) is 7.19. The summed E-state index contributed by atoms with van der Waals surface area (Å²) in [4.78, 5) is 11.3. The monoisotopic (exact) mass is 337 g/mol. The molecule has 0 amide bonds. The number of nitriles is 1. The molecule has 0 radical (unpaired) electrons. The summed E-state index contributed by atoms with van der Waals surface area (Å²) in [6, 6.07) is 17.0. The van der Waals surface area contributed by atoms with Crippen molar-refractivity contribution >= 4 is 5.97 Å². The van der Waals surface area contributed by atoms with Crippen LogP contribution in [0.2, 0.25) is 0 Å². The van der Waals surface area contributed by atoms with Gasteiger partial charge in [-0.1, -0.05) is 19.1 Å². The molecule has 0 saturated carbocycles. The number of carbonyl (C=O) groups is 1. The molecule has 0 aliphatic heterocycles. The van der Waals surface area contributed by atoms with E-state index in [-0.39, 0.29) is 29.1 Å². The van der Waals surface area contributed by atoms with Crippen LogP contribution in [-0.2, 0) is 26.6 Å². The average molecular weight is 337 g/mol. The van der Waals surface area contributed by atoms with Gasteiger partial charge in [0.1, 0.15) is 0 Å². The first kappa shape index (κ1) is 19.9. The predicted molar refractivity (Wildman–Crippen MR) is 82.7 cm³/mol. The van der Waals surface area contributed by atoms with E-state index in [0.717, 1.165) is 17.5 Å². The first-order valence-electron chi connectivity index (χ1n) is 6.78. The van der Waals surface area contributed by atoms with E-state index in [9.17, 15) is 4.79 Å². The van der Waals surface area contributed by atoms with Gasteiger partial charge in [0, 0.05) is 11.6 Å². The SMILES string of the molecule is C=C(C)C(=O)OC(CC)[c-]1cccc1.N#C[c-]1cccc1.[Fe+2]. The second-order valence-electron chi connectivity index (χ2n) is 4.59. The molecule has 1 atom stereocenters. The molecule has 2 aromatic rings. The van der Waals surface area contributed by atoms with E-state index in [1.165, 1.54) is 0 Å². The van der Waals surface area contributed by atoms with Crippen LogP contribution in [0.4, 0.5) is 0 Å². The maximum Gasteiger partial charge on any atom is 2.00 e. The zero-order valence-corrected chi connectivity index (χ0v) is 13.8. The molecule has 0 bridgehead atoms. The third kappa shape index (κ3) is 6.58. The van der Waals surface area contributed by atoms with Crippen molar-refractivity contribution in [1.29, 1.82) is 5.26 Å². The molecule has 1 unspecified atom stereocenters. The van der Waals surface area contributed by atoms with Crippen LogP contribution in [0.5, 0.6) is 0 Å². The van der Waals surface area contributed by atoms with Crippen molar-refractivity contribution in [2.45, 2.75) is 26.4 Å². The van der Waals surface area contributed by atoms with Crippen LogP contribution in [0.3, 0.4) is 0 Å². The van der Waals surface area contributed by atoms with E-state index in [4.69, 9.17) is 10.00 Å². The van der Waals surface area contributed by atoms with Crippen molar-refractivity contribution in [3.8, 4) is 6.07 Å². The quantitative estimate of drug-likeness (QED) is 0.363. The molecule has 116 valence electrons. The van der Waals surface area contributed by atoms with Crippen LogP contribution in [0, 0.1) is 11.3 Å². The van der Waals surface area contributed by atoms with Gasteiger partial charge in [-0.2, -0.15) is 24.3 Å². The Morgan fingerprint density at radius 3 is 2.09 bits per heavy atom. The molecule has 0 heterocycles. The van der Waals surface area contributed by atoms with Crippen molar-refractivity contribution in [3.63, 3.8) is 0 Å². The molecule has 4 heteroatoms. The van der Waals surface area contributed by atoms with Gasteiger partial charge in [0.15, 0.2) is 0 Å². The van der Waals surface area contributed by atoms with Crippen molar-refractivity contribution in [3.05, 3.63) is 71.8 Å². The van der Waals surface area contributed by atoms with E-state index >= 15 is 0 Å². The van der Waals surface area contributed by atoms with Gasteiger partial charge in [-0.3, -0.25) is 0 Å². The zero-order valence-electron chi connectivity index (χ0n) is 12.7. The second kappa shape index (κ2) is 10.6. The minimum absolute atomic E-state index is 0. The molecule has 0 fully saturated rings. The number of carbonyl (C=O) groups excluding carboxylic acids is 1. The van der Waals surface area contributed by atoms with Gasteiger partial charge in [-0.25, -0.2) is 34.3 Å². The van der Waals surface area contributed by atoms with Gasteiger partial charge in [0.25, 0.3) is 0 Å². The Kier molecular flexibility index (Phi) is 9.61. The Hall–Kier alpha value is -2.08. The van der Waals surface area contributed by atoms with Crippen molar-refractivity contribution in [2.75, 3.05) is 0 Å². The van der Waals surface area contributed by atoms with Gasteiger partial charge in [-0.05, 0) is 13.3 Å². The molecule has 22 heavy (non-hydrogen) atoms. The summed E-state index contributed by atoms with van der Waals surface area (Å²) >= 11 is 0. The molecule has 0 saturated heterocycles. The molecule has 0 spiro atoms. The third-order valence-corrected chi connectivity index (χ3v) is 2.82. The van der Waals surface area contributed by atoms with Gasteiger partial charge >= 0.3 is 23.0 Å². The Morgan fingerprint density at radius 1 is 1.23 bits per heavy atom. The maximum atomic E-state index is 11.3. The van der Waals surface area contributed by atoms with Crippen LogP contribution in [0.1, 0.15) is 37.5 Å². The summed E-state index contributed by atoms with van der Waals surface area (Å²) in [5.41, 5.74) is 2.22. The van der Waals surface area contributed by atoms with Crippen molar-refractivity contribution < 1.29 is 26.6 Å². The van der Waals surface area contributed by atoms with Crippen molar-refractivity contribution in [1.82, 2.24) is 0 Å². The normalized spacial score (nSPS) is 10.2. The van der Waals surface area contributed by atoms with Gasteiger partial charge < -0.3 is 4.74 Å². The summed E-state index contributed by atoms with van der Waals surface area (Å²) in [7, 11) is 0. The van der Waals surface area contributed by atoms with E-state index in [0.29, 0.717) is 5.57 Å². The van der Waals surface area contributed by atoms with Crippen LogP contribution in [-0.4, -0.2) is 5.97 Å². The van der Waals surface area contributed by atoms with Crippen molar-refractivity contribution in [2.24, 2.45) is 0 Å². The summed E-state index contributed by atoms with van der Waals surface area (Å²) < 4.78 is 5.27. The molecule has 0 aliphatic rings. The smallest absolute Gasteiger partial charge is 0.467 e. The van der Waals surface area contributed by atoms with Gasteiger partial charge in [0.05, 0.1) is 6.10 Å². The fourth-order valence-electron chi connectivity index (χ4n) is 1.67. The number of rotatable bonds is 4. The van der Waals surface area contributed by atoms with E-state index in [1.807, 2.05) is 49.4 Å². The Labute approximate surface area is 142 Å². The fraction of sp³-hybridized carbons (Fsp3) is 0.222. The van der Waals surface area contributed by atoms with Gasteiger partial charge in [-0.15, -0.1) is 5.56 Å². The number of hydrogen-bond donors (Lipinski definition) is 0. The second-order valence-corrected chi connectivity index (χ2v) is 4.59. The van der Waals surface area contributed by atoms with Gasteiger partial charge in [0.2, 0.25) is 0 Å². The standard InChI is InChI=1S/C12H15O2.C6H4N.Fe/c1-4-11(10-7-5-6-8-10)14-12(13)9(2)3;7-5-6-3-1-2-4-6;/h5-8,11H,2,4H2,1,3H3;1-4H;/q2*-1;+2. The summed E-state index contributed by atoms with van der Waals surface area (Å²) in [6.07, 6.45) is 0.637. The molecule has 0 aliphatic carbocycles. The largest absolute Gasteiger partial charge is 2.00 e. The Morgan fingerprint density at radius 2 is 1.73 bits per heavy atom. The zero-order chi connectivity index (χ0) is 15.7. The average Bonchev–Trinajstić information content (AvgIpc) is 3.17. The molecular weight excluding hydrogens is 318 g/mol. The Balaban J connectivity index is 0.000000465. The van der Waals surface area contributed by atoms with Crippen LogP contribution >= 0.6 is 0 Å². The van der Waals surface area contributed by atoms with E-state index in [1.54, 1.807) is 19.1 Å². The first-order chi connectivity index (χ1) is 10.1. The van der Waals surface area contributed by atoms with Crippen LogP contribution in [0.25, 0.3) is 0 Å². The molecular formula is C18H19FeNO2. The fourth-order valence-corrected chi connectivity index (χ4v) is 1.67. The van der Waals surface area contributed by atoms with Crippen LogP contribution in [0.15, 0.2) is 60.7 Å². The molecule has 0 aromatic heterocycles. The predicted octanol–water partition coefficient (Wildman–Crippen LogP) is 4.25. The summed E-state index contributed by atoms with van der Waals surface area (Å²) in [5.74, 6) is -0.321. The first-order valence-corrected chi connectivity index (χ1v) is 6.78. The minimum Gasteiger partial charge on any atom is -0.467 e. The molecule has 0 N–H and O–H groups in total. The molecule has 2 rings (SSSR count).